The van der Waals surface area contributed by atoms with Crippen LogP contribution in [0.15, 0.2) is 48.5 Å². The lowest BCUT2D eigenvalue weighted by Gasteiger charge is -2.17. The minimum absolute atomic E-state index is 0.558. The summed E-state index contributed by atoms with van der Waals surface area (Å²) in [6.07, 6.45) is 18.3. The average molecular weight is 392 g/mol. The molecule has 0 spiro atoms. The molecule has 1 atom stereocenters. The van der Waals surface area contributed by atoms with Gasteiger partial charge in [-0.15, -0.1) is 0 Å². The standard InChI is InChI=1S/C28H41N/c1-3-4-5-6-7-8-9-10-11-12-13-14-19-24(2)29-27-22-17-15-20-25(27)26-21-16-18-23-28(26)29/h15-18,20-24H,3-14,19H2,1-2H3. The van der Waals surface area contributed by atoms with Crippen molar-refractivity contribution in [3.05, 3.63) is 48.5 Å². The van der Waals surface area contributed by atoms with Gasteiger partial charge in [0.05, 0.1) is 0 Å². The van der Waals surface area contributed by atoms with E-state index >= 15 is 0 Å². The molecule has 158 valence electrons. The number of benzene rings is 2. The quantitative estimate of drug-likeness (QED) is 0.241. The number of nitrogens with zero attached hydrogens (tertiary/aromatic N) is 1. The zero-order valence-electron chi connectivity index (χ0n) is 18.8. The molecular formula is C28H41N. The number of aromatic nitrogens is 1. The Hall–Kier alpha value is -1.76. The first kappa shape index (κ1) is 21.9. The van der Waals surface area contributed by atoms with Gasteiger partial charge in [0.15, 0.2) is 0 Å². The van der Waals surface area contributed by atoms with Crippen LogP contribution >= 0.6 is 0 Å². The molecule has 1 heterocycles. The molecule has 0 aliphatic rings. The predicted octanol–water partition coefficient (Wildman–Crippen LogP) is 9.45. The number of unbranched alkanes of at least 4 members (excludes halogenated alkanes) is 11. The summed E-state index contributed by atoms with van der Waals surface area (Å²) in [7, 11) is 0. The molecule has 0 saturated carbocycles. The highest BCUT2D eigenvalue weighted by Gasteiger charge is 2.14. The molecule has 0 aliphatic heterocycles. The van der Waals surface area contributed by atoms with Crippen LogP contribution in [0.2, 0.25) is 0 Å². The minimum atomic E-state index is 0.558. The van der Waals surface area contributed by atoms with Crippen LogP contribution in [0.1, 0.15) is 103 Å². The summed E-state index contributed by atoms with van der Waals surface area (Å²) in [6, 6.07) is 18.3. The molecule has 0 fully saturated rings. The molecule has 0 amide bonds. The molecule has 3 aromatic rings. The fourth-order valence-electron chi connectivity index (χ4n) is 4.84. The molecule has 1 aromatic heterocycles. The molecule has 2 aromatic carbocycles. The molecular weight excluding hydrogens is 350 g/mol. The van der Waals surface area contributed by atoms with Gasteiger partial charge in [-0.2, -0.15) is 0 Å². The van der Waals surface area contributed by atoms with Crippen LogP contribution in [-0.4, -0.2) is 4.57 Å². The van der Waals surface area contributed by atoms with E-state index in [1.165, 1.54) is 105 Å². The zero-order chi connectivity index (χ0) is 20.3. The lowest BCUT2D eigenvalue weighted by atomic mass is 10.0. The molecule has 1 nitrogen and oxygen atoms in total. The Labute approximate surface area is 178 Å². The van der Waals surface area contributed by atoms with Crippen molar-refractivity contribution in [2.45, 2.75) is 103 Å². The van der Waals surface area contributed by atoms with Crippen LogP contribution in [0, 0.1) is 0 Å². The third kappa shape index (κ3) is 6.11. The number of hydrogen-bond acceptors (Lipinski definition) is 0. The first-order chi connectivity index (χ1) is 14.3. The van der Waals surface area contributed by atoms with E-state index in [4.69, 9.17) is 0 Å². The number of hydrogen-bond donors (Lipinski definition) is 0. The normalized spacial score (nSPS) is 12.8. The monoisotopic (exact) mass is 391 g/mol. The highest BCUT2D eigenvalue weighted by molar-refractivity contribution is 6.08. The van der Waals surface area contributed by atoms with Gasteiger partial charge in [-0.3, -0.25) is 0 Å². The first-order valence-electron chi connectivity index (χ1n) is 12.3. The summed E-state index contributed by atoms with van der Waals surface area (Å²) >= 11 is 0. The molecule has 0 radical (unpaired) electrons. The van der Waals surface area contributed by atoms with Crippen molar-refractivity contribution >= 4 is 21.8 Å². The smallest absolute Gasteiger partial charge is 0.0493 e. The van der Waals surface area contributed by atoms with E-state index in [1.54, 1.807) is 0 Å². The molecule has 1 heteroatoms. The maximum atomic E-state index is 2.57. The Bertz CT molecular complexity index is 791. The second-order valence-corrected chi connectivity index (χ2v) is 8.93. The van der Waals surface area contributed by atoms with E-state index in [0.29, 0.717) is 6.04 Å². The number of rotatable bonds is 14. The summed E-state index contributed by atoms with van der Waals surface area (Å²) < 4.78 is 2.57. The van der Waals surface area contributed by atoms with Crippen LogP contribution in [0.4, 0.5) is 0 Å². The van der Waals surface area contributed by atoms with Crippen LogP contribution in [-0.2, 0) is 0 Å². The van der Waals surface area contributed by atoms with E-state index in [-0.39, 0.29) is 0 Å². The highest BCUT2D eigenvalue weighted by atomic mass is 15.0. The maximum Gasteiger partial charge on any atom is 0.0493 e. The van der Waals surface area contributed by atoms with Crippen molar-refractivity contribution < 1.29 is 0 Å². The maximum absolute atomic E-state index is 2.57. The van der Waals surface area contributed by atoms with Gasteiger partial charge in [-0.05, 0) is 25.5 Å². The van der Waals surface area contributed by atoms with Gasteiger partial charge in [0, 0.05) is 27.8 Å². The van der Waals surface area contributed by atoms with Crippen molar-refractivity contribution in [2.75, 3.05) is 0 Å². The molecule has 29 heavy (non-hydrogen) atoms. The Morgan fingerprint density at radius 2 is 1.00 bits per heavy atom. The van der Waals surface area contributed by atoms with Crippen molar-refractivity contribution in [1.82, 2.24) is 4.57 Å². The zero-order valence-corrected chi connectivity index (χ0v) is 18.8. The summed E-state index contributed by atoms with van der Waals surface area (Å²) in [4.78, 5) is 0. The van der Waals surface area contributed by atoms with E-state index in [2.05, 4.69) is 66.9 Å². The van der Waals surface area contributed by atoms with Crippen LogP contribution < -0.4 is 0 Å². The van der Waals surface area contributed by atoms with Gasteiger partial charge < -0.3 is 4.57 Å². The first-order valence-corrected chi connectivity index (χ1v) is 12.3. The van der Waals surface area contributed by atoms with Gasteiger partial charge in [0.25, 0.3) is 0 Å². The SMILES string of the molecule is CCCCCCCCCCCCCCC(C)n1c2ccccc2c2ccccc21. The third-order valence-corrected chi connectivity index (χ3v) is 6.53. The van der Waals surface area contributed by atoms with E-state index in [9.17, 15) is 0 Å². The van der Waals surface area contributed by atoms with Crippen LogP contribution in [0.3, 0.4) is 0 Å². The van der Waals surface area contributed by atoms with E-state index in [1.807, 2.05) is 0 Å². The van der Waals surface area contributed by atoms with Gasteiger partial charge in [-0.1, -0.05) is 120 Å². The topological polar surface area (TPSA) is 4.93 Å². The average Bonchev–Trinajstić information content (AvgIpc) is 3.09. The Balaban J connectivity index is 1.38. The fourth-order valence-corrected chi connectivity index (χ4v) is 4.84. The minimum Gasteiger partial charge on any atom is -0.338 e. The molecule has 0 N–H and O–H groups in total. The number of para-hydroxylation sites is 2. The molecule has 0 saturated heterocycles. The molecule has 0 bridgehead atoms. The summed E-state index contributed by atoms with van der Waals surface area (Å²) in [6.45, 7) is 4.70. The molecule has 3 rings (SSSR count). The summed E-state index contributed by atoms with van der Waals surface area (Å²) in [5.41, 5.74) is 2.78. The predicted molar refractivity (Wildman–Crippen MR) is 130 cm³/mol. The van der Waals surface area contributed by atoms with Crippen molar-refractivity contribution in [3.63, 3.8) is 0 Å². The highest BCUT2D eigenvalue weighted by Crippen LogP contribution is 2.33. The summed E-state index contributed by atoms with van der Waals surface area (Å²) in [5, 5.41) is 2.79. The van der Waals surface area contributed by atoms with Crippen LogP contribution in [0.25, 0.3) is 21.8 Å². The van der Waals surface area contributed by atoms with Crippen molar-refractivity contribution in [2.24, 2.45) is 0 Å². The Kier molecular flexibility index (Phi) is 9.12. The third-order valence-electron chi connectivity index (χ3n) is 6.53. The second-order valence-electron chi connectivity index (χ2n) is 8.93. The lowest BCUT2D eigenvalue weighted by Crippen LogP contribution is -2.04. The molecule has 0 aliphatic carbocycles. The Morgan fingerprint density at radius 1 is 0.586 bits per heavy atom. The molecule has 1 unspecified atom stereocenters. The van der Waals surface area contributed by atoms with Gasteiger partial charge in [0.2, 0.25) is 0 Å². The van der Waals surface area contributed by atoms with Gasteiger partial charge >= 0.3 is 0 Å². The van der Waals surface area contributed by atoms with Crippen molar-refractivity contribution in [1.29, 1.82) is 0 Å². The second kappa shape index (κ2) is 12.1. The lowest BCUT2D eigenvalue weighted by molar-refractivity contribution is 0.482. The van der Waals surface area contributed by atoms with Crippen LogP contribution in [0.5, 0.6) is 0 Å². The van der Waals surface area contributed by atoms with E-state index in [0.717, 1.165) is 0 Å². The van der Waals surface area contributed by atoms with E-state index < -0.39 is 0 Å². The Morgan fingerprint density at radius 3 is 1.48 bits per heavy atom. The largest absolute Gasteiger partial charge is 0.338 e. The fraction of sp³-hybridized carbons (Fsp3) is 0.571. The van der Waals surface area contributed by atoms with Gasteiger partial charge in [-0.25, -0.2) is 0 Å². The van der Waals surface area contributed by atoms with Gasteiger partial charge in [0.1, 0.15) is 0 Å². The van der Waals surface area contributed by atoms with Crippen molar-refractivity contribution in [3.8, 4) is 0 Å². The summed E-state index contributed by atoms with van der Waals surface area (Å²) in [5.74, 6) is 0. The number of fused-ring (bicyclic) bond motifs is 3.